The third kappa shape index (κ3) is 4.65. The average molecular weight is 315 g/mol. The van der Waals surface area contributed by atoms with Crippen molar-refractivity contribution in [1.82, 2.24) is 0 Å². The molecule has 0 radical (unpaired) electrons. The van der Waals surface area contributed by atoms with Gasteiger partial charge >= 0.3 is 5.97 Å². The van der Waals surface area contributed by atoms with Crippen molar-refractivity contribution in [2.45, 2.75) is 26.3 Å². The molecule has 0 saturated carbocycles. The Bertz CT molecular complexity index is 506. The van der Waals surface area contributed by atoms with E-state index in [0.717, 1.165) is 0 Å². The van der Waals surface area contributed by atoms with Gasteiger partial charge in [-0.25, -0.2) is 4.79 Å². The molecule has 4 nitrogen and oxygen atoms in total. The van der Waals surface area contributed by atoms with Crippen LogP contribution >= 0.6 is 23.8 Å². The van der Waals surface area contributed by atoms with Crippen LogP contribution in [0.5, 0.6) is 0 Å². The second kappa shape index (κ2) is 7.45. The minimum Gasteiger partial charge on any atom is -0.467 e. The van der Waals surface area contributed by atoms with E-state index in [2.05, 4.69) is 5.32 Å². The van der Waals surface area contributed by atoms with Gasteiger partial charge in [0.1, 0.15) is 11.0 Å². The summed E-state index contributed by atoms with van der Waals surface area (Å²) in [4.78, 5) is 12.1. The Balaban J connectivity index is 3.06. The van der Waals surface area contributed by atoms with Gasteiger partial charge in [0.25, 0.3) is 0 Å². The van der Waals surface area contributed by atoms with Crippen LogP contribution in [-0.4, -0.2) is 24.1 Å². The lowest BCUT2D eigenvalue weighted by atomic mass is 10.0. The minimum atomic E-state index is -0.466. The van der Waals surface area contributed by atoms with Gasteiger partial charge in [-0.05, 0) is 30.5 Å². The van der Waals surface area contributed by atoms with E-state index >= 15 is 0 Å². The van der Waals surface area contributed by atoms with Gasteiger partial charge in [-0.3, -0.25) is 0 Å². The van der Waals surface area contributed by atoms with Crippen LogP contribution in [0.3, 0.4) is 0 Å². The summed E-state index contributed by atoms with van der Waals surface area (Å²) < 4.78 is 4.82. The molecule has 0 bridgehead atoms. The Hall–Kier alpha value is -1.33. The van der Waals surface area contributed by atoms with Crippen LogP contribution in [-0.2, 0) is 9.53 Å². The first-order chi connectivity index (χ1) is 9.35. The fourth-order valence-corrected chi connectivity index (χ4v) is 2.22. The van der Waals surface area contributed by atoms with Crippen LogP contribution in [0.4, 0.5) is 5.69 Å². The number of rotatable bonds is 6. The summed E-state index contributed by atoms with van der Waals surface area (Å²) in [6.07, 6.45) is 0.635. The number of carbonyl (C=O) groups excluding carboxylic acids is 1. The molecular weight excluding hydrogens is 296 g/mol. The number of esters is 1. The van der Waals surface area contributed by atoms with E-state index in [1.807, 2.05) is 13.8 Å². The highest BCUT2D eigenvalue weighted by molar-refractivity contribution is 7.80. The number of carbonyl (C=O) groups is 1. The second-order valence-electron chi connectivity index (χ2n) is 4.90. The molecule has 0 aromatic heterocycles. The number of methoxy groups -OCH3 is 1. The number of hydrogen-bond acceptors (Lipinski definition) is 4. The molecule has 110 valence electrons. The molecule has 0 heterocycles. The van der Waals surface area contributed by atoms with Gasteiger partial charge < -0.3 is 15.8 Å². The van der Waals surface area contributed by atoms with E-state index in [1.54, 1.807) is 18.2 Å². The largest absolute Gasteiger partial charge is 0.467 e. The molecule has 1 rings (SSSR count). The first-order valence-electron chi connectivity index (χ1n) is 6.28. The average Bonchev–Trinajstić information content (AvgIpc) is 2.36. The van der Waals surface area contributed by atoms with Crippen LogP contribution in [0, 0.1) is 5.92 Å². The molecule has 0 saturated heterocycles. The number of thiocarbonyl (C=S) groups is 1. The standard InChI is InChI=1S/C14H19ClN2O2S/c1-8(2)6-12(14(18)19-3)17-11-7-9(15)4-5-10(11)13(16)20/h4-5,7-8,12,17H,6H2,1-3H3,(H2,16,20). The number of halogens is 1. The maximum atomic E-state index is 11.8. The molecule has 1 unspecified atom stereocenters. The predicted octanol–water partition coefficient (Wildman–Crippen LogP) is 2.97. The minimum absolute atomic E-state index is 0.248. The fraction of sp³-hybridized carbons (Fsp3) is 0.429. The maximum absolute atomic E-state index is 11.8. The molecular formula is C14H19ClN2O2S. The van der Waals surface area contributed by atoms with Crippen LogP contribution in [0.25, 0.3) is 0 Å². The Morgan fingerprint density at radius 1 is 1.50 bits per heavy atom. The molecule has 0 amide bonds. The first-order valence-corrected chi connectivity index (χ1v) is 7.07. The summed E-state index contributed by atoms with van der Waals surface area (Å²) in [6.45, 7) is 4.06. The number of anilines is 1. The van der Waals surface area contributed by atoms with E-state index in [4.69, 9.17) is 34.3 Å². The topological polar surface area (TPSA) is 64.3 Å². The maximum Gasteiger partial charge on any atom is 0.328 e. The molecule has 0 spiro atoms. The molecule has 0 aliphatic rings. The number of nitrogens with one attached hydrogen (secondary N) is 1. The number of hydrogen-bond donors (Lipinski definition) is 2. The molecule has 6 heteroatoms. The summed E-state index contributed by atoms with van der Waals surface area (Å²) >= 11 is 11.0. The van der Waals surface area contributed by atoms with Crippen molar-refractivity contribution in [1.29, 1.82) is 0 Å². The highest BCUT2D eigenvalue weighted by Gasteiger charge is 2.21. The Morgan fingerprint density at radius 2 is 2.15 bits per heavy atom. The van der Waals surface area contributed by atoms with Gasteiger partial charge in [-0.15, -0.1) is 0 Å². The molecule has 3 N–H and O–H groups in total. The smallest absolute Gasteiger partial charge is 0.328 e. The van der Waals surface area contributed by atoms with Gasteiger partial charge in [0, 0.05) is 16.3 Å². The summed E-state index contributed by atoms with van der Waals surface area (Å²) in [7, 11) is 1.36. The van der Waals surface area contributed by atoms with Gasteiger partial charge in [0.15, 0.2) is 0 Å². The predicted molar refractivity (Wildman–Crippen MR) is 86.2 cm³/mol. The third-order valence-electron chi connectivity index (χ3n) is 2.77. The fourth-order valence-electron chi connectivity index (χ4n) is 1.87. The van der Waals surface area contributed by atoms with Gasteiger partial charge in [0.2, 0.25) is 0 Å². The van der Waals surface area contributed by atoms with Crippen molar-refractivity contribution in [3.8, 4) is 0 Å². The third-order valence-corrected chi connectivity index (χ3v) is 3.22. The van der Waals surface area contributed by atoms with E-state index in [-0.39, 0.29) is 11.0 Å². The SMILES string of the molecule is COC(=O)C(CC(C)C)Nc1cc(Cl)ccc1C(N)=S. The summed E-state index contributed by atoms with van der Waals surface area (Å²) in [5.74, 6) is 0.00614. The zero-order chi connectivity index (χ0) is 15.3. The van der Waals surface area contributed by atoms with Crippen molar-refractivity contribution in [3.63, 3.8) is 0 Å². The summed E-state index contributed by atoms with van der Waals surface area (Å²) in [5, 5.41) is 3.67. The van der Waals surface area contributed by atoms with Crippen LogP contribution in [0.15, 0.2) is 18.2 Å². The van der Waals surface area contributed by atoms with Gasteiger partial charge in [0.05, 0.1) is 7.11 Å². The lowest BCUT2D eigenvalue weighted by Gasteiger charge is -2.21. The van der Waals surface area contributed by atoms with Crippen LogP contribution in [0.1, 0.15) is 25.8 Å². The van der Waals surface area contributed by atoms with E-state index in [0.29, 0.717) is 28.6 Å². The molecule has 1 aromatic carbocycles. The Morgan fingerprint density at radius 3 is 2.65 bits per heavy atom. The van der Waals surface area contributed by atoms with Crippen molar-refractivity contribution in [3.05, 3.63) is 28.8 Å². The number of ether oxygens (including phenoxy) is 1. The zero-order valence-electron chi connectivity index (χ0n) is 11.8. The summed E-state index contributed by atoms with van der Waals surface area (Å²) in [6, 6.07) is 4.67. The van der Waals surface area contributed by atoms with Crippen LogP contribution < -0.4 is 11.1 Å². The lowest BCUT2D eigenvalue weighted by Crippen LogP contribution is -2.33. The highest BCUT2D eigenvalue weighted by Crippen LogP contribution is 2.23. The summed E-state index contributed by atoms with van der Waals surface area (Å²) in [5.41, 5.74) is 6.98. The van der Waals surface area contributed by atoms with E-state index < -0.39 is 6.04 Å². The monoisotopic (exact) mass is 314 g/mol. The Kier molecular flexibility index (Phi) is 6.23. The Labute approximate surface area is 129 Å². The molecule has 0 fully saturated rings. The molecule has 0 aliphatic heterocycles. The highest BCUT2D eigenvalue weighted by atomic mass is 35.5. The molecule has 1 atom stereocenters. The molecule has 1 aromatic rings. The number of benzene rings is 1. The van der Waals surface area contributed by atoms with E-state index in [9.17, 15) is 4.79 Å². The van der Waals surface area contributed by atoms with Gasteiger partial charge in [-0.1, -0.05) is 37.7 Å². The van der Waals surface area contributed by atoms with E-state index in [1.165, 1.54) is 7.11 Å². The van der Waals surface area contributed by atoms with Crippen LogP contribution in [0.2, 0.25) is 5.02 Å². The zero-order valence-corrected chi connectivity index (χ0v) is 13.3. The quantitative estimate of drug-likeness (QED) is 0.624. The van der Waals surface area contributed by atoms with Gasteiger partial charge in [-0.2, -0.15) is 0 Å². The van der Waals surface area contributed by atoms with Crippen molar-refractivity contribution >= 4 is 40.5 Å². The second-order valence-corrected chi connectivity index (χ2v) is 5.78. The van der Waals surface area contributed by atoms with Crippen molar-refractivity contribution in [2.75, 3.05) is 12.4 Å². The molecule has 0 aliphatic carbocycles. The first kappa shape index (κ1) is 16.7. The number of nitrogens with two attached hydrogens (primary N) is 1. The van der Waals surface area contributed by atoms with Crippen molar-refractivity contribution < 1.29 is 9.53 Å². The lowest BCUT2D eigenvalue weighted by molar-refractivity contribution is -0.141. The van der Waals surface area contributed by atoms with Crippen molar-refractivity contribution in [2.24, 2.45) is 11.7 Å². The normalized spacial score (nSPS) is 12.1. The molecule has 20 heavy (non-hydrogen) atoms.